The lowest BCUT2D eigenvalue weighted by Gasteiger charge is -2.35. The molecule has 0 aliphatic heterocycles. The molecule has 0 saturated heterocycles. The molecule has 0 aromatic heterocycles. The van der Waals surface area contributed by atoms with Crippen LogP contribution in [-0.2, 0) is 4.43 Å². The monoisotopic (exact) mass is 234 g/mol. The molecule has 1 aromatic rings. The van der Waals surface area contributed by atoms with Crippen molar-refractivity contribution >= 4 is 13.5 Å². The van der Waals surface area contributed by atoms with E-state index < -0.39 is 8.32 Å². The van der Waals surface area contributed by atoms with Gasteiger partial charge in [-0.3, -0.25) is 0 Å². The van der Waals surface area contributed by atoms with Gasteiger partial charge in [-0.1, -0.05) is 43.0 Å². The maximum absolute atomic E-state index is 6.33. The fourth-order valence-electron chi connectivity index (χ4n) is 1.91. The van der Waals surface area contributed by atoms with Crippen LogP contribution in [-0.4, -0.2) is 13.9 Å². The van der Waals surface area contributed by atoms with Crippen molar-refractivity contribution in [3.8, 4) is 0 Å². The summed E-state index contributed by atoms with van der Waals surface area (Å²) in [6.07, 6.45) is 0. The van der Waals surface area contributed by atoms with E-state index in [4.69, 9.17) is 4.43 Å². The number of benzene rings is 1. The lowest BCUT2D eigenvalue weighted by atomic mass is 10.2. The number of rotatable bonds is 4. The summed E-state index contributed by atoms with van der Waals surface area (Å²) in [5.74, 6) is 0. The van der Waals surface area contributed by atoms with E-state index >= 15 is 0 Å². The summed E-state index contributed by atoms with van der Waals surface area (Å²) in [5.41, 5.74) is 1.93. The van der Waals surface area contributed by atoms with E-state index in [1.807, 2.05) is 11.8 Å². The van der Waals surface area contributed by atoms with Crippen LogP contribution in [0.15, 0.2) is 42.6 Å². The van der Waals surface area contributed by atoms with E-state index in [0.29, 0.717) is 0 Å². The van der Waals surface area contributed by atoms with Crippen molar-refractivity contribution in [2.45, 2.75) is 39.3 Å². The third kappa shape index (κ3) is 3.06. The lowest BCUT2D eigenvalue weighted by Crippen LogP contribution is -2.52. The highest BCUT2D eigenvalue weighted by Crippen LogP contribution is 2.21. The topological polar surface area (TPSA) is 9.23 Å². The Balaban J connectivity index is 3.11. The second-order valence-corrected chi connectivity index (χ2v) is 8.70. The van der Waals surface area contributed by atoms with E-state index in [9.17, 15) is 0 Å². The summed E-state index contributed by atoms with van der Waals surface area (Å²) in [6.45, 7) is 12.5. The van der Waals surface area contributed by atoms with Gasteiger partial charge in [0.2, 0.25) is 8.32 Å². The van der Waals surface area contributed by atoms with Crippen LogP contribution in [0.25, 0.3) is 0 Å². The molecule has 1 nitrogen and oxygen atoms in total. The van der Waals surface area contributed by atoms with Crippen molar-refractivity contribution in [2.75, 3.05) is 0 Å². The molecule has 0 heterocycles. The molecule has 0 N–H and O–H groups in total. The Hall–Kier alpha value is -0.863. The lowest BCUT2D eigenvalue weighted by molar-refractivity contribution is 0.125. The van der Waals surface area contributed by atoms with Crippen LogP contribution in [0.1, 0.15) is 27.7 Å². The van der Waals surface area contributed by atoms with Crippen LogP contribution in [0.3, 0.4) is 0 Å². The molecule has 0 saturated carbocycles. The highest BCUT2D eigenvalue weighted by Gasteiger charge is 2.35. The average Bonchev–Trinajstić information content (AvgIpc) is 2.26. The Bertz CT molecular complexity index is 340. The largest absolute Gasteiger partial charge is 0.404 e. The maximum Gasteiger partial charge on any atom is 0.248 e. The standard InChI is InChI=1S/C14H22OSi/c1-6-16(7-2,15-14(3,4)5)13-11-9-8-10-12-13/h6,8-12H,1,7H2,2-5H3. The second kappa shape index (κ2) is 4.98. The third-order valence-corrected chi connectivity index (χ3v) is 6.60. The minimum absolute atomic E-state index is 0.119. The Kier molecular flexibility index (Phi) is 4.11. The quantitative estimate of drug-likeness (QED) is 0.726. The molecule has 88 valence electrons. The molecule has 1 atom stereocenters. The zero-order valence-electron chi connectivity index (χ0n) is 10.8. The summed E-state index contributed by atoms with van der Waals surface area (Å²) in [5, 5.41) is 1.31. The van der Waals surface area contributed by atoms with E-state index in [-0.39, 0.29) is 5.60 Å². The molecule has 0 bridgehead atoms. The van der Waals surface area contributed by atoms with Crippen LogP contribution >= 0.6 is 0 Å². The first-order valence-electron chi connectivity index (χ1n) is 5.83. The van der Waals surface area contributed by atoms with Gasteiger partial charge in [-0.25, -0.2) is 0 Å². The molecular weight excluding hydrogens is 212 g/mol. The molecule has 1 aromatic carbocycles. The SMILES string of the molecule is C=C[Si](CC)(OC(C)(C)C)c1ccccc1. The van der Waals surface area contributed by atoms with Crippen molar-refractivity contribution < 1.29 is 4.43 Å². The molecule has 0 spiro atoms. The molecule has 0 amide bonds. The molecule has 0 radical (unpaired) electrons. The van der Waals surface area contributed by atoms with Crippen molar-refractivity contribution in [3.63, 3.8) is 0 Å². The molecule has 1 unspecified atom stereocenters. The predicted molar refractivity (Wildman–Crippen MR) is 73.3 cm³/mol. The zero-order chi connectivity index (χ0) is 12.2. The van der Waals surface area contributed by atoms with Crippen LogP contribution in [0.2, 0.25) is 6.04 Å². The van der Waals surface area contributed by atoms with Gasteiger partial charge in [-0.2, -0.15) is 0 Å². The van der Waals surface area contributed by atoms with Crippen molar-refractivity contribution in [2.24, 2.45) is 0 Å². The van der Waals surface area contributed by atoms with Crippen LogP contribution in [0, 0.1) is 0 Å². The fourth-order valence-corrected chi connectivity index (χ4v) is 5.03. The van der Waals surface area contributed by atoms with Crippen LogP contribution in [0.4, 0.5) is 0 Å². The summed E-state index contributed by atoms with van der Waals surface area (Å²) < 4.78 is 6.33. The Morgan fingerprint density at radius 3 is 2.19 bits per heavy atom. The van der Waals surface area contributed by atoms with E-state index in [0.717, 1.165) is 6.04 Å². The van der Waals surface area contributed by atoms with Crippen molar-refractivity contribution in [1.29, 1.82) is 0 Å². The van der Waals surface area contributed by atoms with Gasteiger partial charge in [0.25, 0.3) is 0 Å². The minimum atomic E-state index is -1.99. The summed E-state index contributed by atoms with van der Waals surface area (Å²) in [6, 6.07) is 11.5. The van der Waals surface area contributed by atoms with Gasteiger partial charge in [0.05, 0.1) is 0 Å². The van der Waals surface area contributed by atoms with Crippen LogP contribution < -0.4 is 5.19 Å². The maximum atomic E-state index is 6.33. The Morgan fingerprint density at radius 1 is 1.25 bits per heavy atom. The molecule has 16 heavy (non-hydrogen) atoms. The Labute approximate surface area is 100 Å². The molecular formula is C14H22OSi. The highest BCUT2D eigenvalue weighted by atomic mass is 28.4. The summed E-state index contributed by atoms with van der Waals surface area (Å²) in [4.78, 5) is 0. The Morgan fingerprint density at radius 2 is 1.81 bits per heavy atom. The van der Waals surface area contributed by atoms with Gasteiger partial charge in [0.1, 0.15) is 0 Å². The first-order valence-corrected chi connectivity index (χ1v) is 8.02. The van der Waals surface area contributed by atoms with E-state index in [1.54, 1.807) is 0 Å². The van der Waals surface area contributed by atoms with Crippen LogP contribution in [0.5, 0.6) is 0 Å². The van der Waals surface area contributed by atoms with Gasteiger partial charge in [0, 0.05) is 5.60 Å². The van der Waals surface area contributed by atoms with Crippen molar-refractivity contribution in [1.82, 2.24) is 0 Å². The summed E-state index contributed by atoms with van der Waals surface area (Å²) in [7, 11) is -1.99. The van der Waals surface area contributed by atoms with Crippen molar-refractivity contribution in [3.05, 3.63) is 42.6 Å². The molecule has 0 fully saturated rings. The van der Waals surface area contributed by atoms with Gasteiger partial charge in [-0.15, -0.1) is 6.58 Å². The number of hydrogen-bond donors (Lipinski definition) is 0. The van der Waals surface area contributed by atoms with Gasteiger partial charge in [0.15, 0.2) is 0 Å². The average molecular weight is 234 g/mol. The van der Waals surface area contributed by atoms with Gasteiger partial charge >= 0.3 is 0 Å². The van der Waals surface area contributed by atoms with Gasteiger partial charge in [-0.05, 0) is 32.0 Å². The molecule has 2 heteroatoms. The summed E-state index contributed by atoms with van der Waals surface area (Å²) >= 11 is 0. The third-order valence-electron chi connectivity index (χ3n) is 2.61. The second-order valence-electron chi connectivity index (χ2n) is 5.03. The zero-order valence-corrected chi connectivity index (χ0v) is 11.8. The first-order chi connectivity index (χ1) is 7.43. The molecule has 1 rings (SSSR count). The molecule has 0 aliphatic rings. The normalized spacial score (nSPS) is 15.5. The highest BCUT2D eigenvalue weighted by molar-refractivity contribution is 6.90. The smallest absolute Gasteiger partial charge is 0.248 e. The number of hydrogen-bond acceptors (Lipinski definition) is 1. The minimum Gasteiger partial charge on any atom is -0.404 e. The predicted octanol–water partition coefficient (Wildman–Crippen LogP) is 3.40. The van der Waals surface area contributed by atoms with E-state index in [2.05, 4.69) is 58.5 Å². The fraction of sp³-hybridized carbons (Fsp3) is 0.429. The van der Waals surface area contributed by atoms with Gasteiger partial charge < -0.3 is 4.43 Å². The van der Waals surface area contributed by atoms with E-state index in [1.165, 1.54) is 5.19 Å². The molecule has 0 aliphatic carbocycles. The first kappa shape index (κ1) is 13.2.